The van der Waals surface area contributed by atoms with Crippen LogP contribution in [0.5, 0.6) is 5.75 Å². The van der Waals surface area contributed by atoms with E-state index in [2.05, 4.69) is 15.5 Å². The molecule has 0 spiro atoms. The topological polar surface area (TPSA) is 70.2 Å². The molecule has 2 N–H and O–H groups in total. The van der Waals surface area contributed by atoms with E-state index in [9.17, 15) is 9.18 Å². The summed E-state index contributed by atoms with van der Waals surface area (Å²) in [6, 6.07) is 5.44. The number of rotatable bonds is 6. The number of H-pyrrole nitrogens is 1. The molecule has 6 nitrogen and oxygen atoms in total. The van der Waals surface area contributed by atoms with Crippen molar-refractivity contribution >= 4 is 23.3 Å². The second-order valence-electron chi connectivity index (χ2n) is 4.93. The van der Waals surface area contributed by atoms with E-state index in [0.717, 1.165) is 11.8 Å². The summed E-state index contributed by atoms with van der Waals surface area (Å²) in [6.45, 7) is 0.436. The summed E-state index contributed by atoms with van der Waals surface area (Å²) in [6.07, 6.45) is 0. The Hall–Kier alpha value is -2.12. The summed E-state index contributed by atoms with van der Waals surface area (Å²) in [5.74, 6) is -0.195. The van der Waals surface area contributed by atoms with E-state index in [0.29, 0.717) is 12.4 Å². The van der Waals surface area contributed by atoms with E-state index < -0.39 is 5.82 Å². The second-order valence-corrected chi connectivity index (χ2v) is 5.34. The van der Waals surface area contributed by atoms with Crippen LogP contribution in [0.3, 0.4) is 0 Å². The highest BCUT2D eigenvalue weighted by atomic mass is 35.5. The zero-order valence-electron chi connectivity index (χ0n) is 12.2. The number of nitrogens with one attached hydrogen (secondary N) is 2. The van der Waals surface area contributed by atoms with Crippen molar-refractivity contribution in [2.45, 2.75) is 6.54 Å². The number of hydrogen-bond donors (Lipinski definition) is 2. The van der Waals surface area contributed by atoms with Crippen molar-refractivity contribution in [3.8, 4) is 5.75 Å². The fourth-order valence-electron chi connectivity index (χ4n) is 1.76. The largest absolute Gasteiger partial charge is 0.482 e. The van der Waals surface area contributed by atoms with Gasteiger partial charge in [-0.1, -0.05) is 11.6 Å². The first-order valence-corrected chi connectivity index (χ1v) is 6.88. The van der Waals surface area contributed by atoms with E-state index in [1.807, 2.05) is 19.0 Å². The molecule has 22 heavy (non-hydrogen) atoms. The third kappa shape index (κ3) is 4.71. The maximum Gasteiger partial charge on any atom is 0.263 e. The summed E-state index contributed by atoms with van der Waals surface area (Å²) in [7, 11) is 3.86. The van der Waals surface area contributed by atoms with Gasteiger partial charge >= 0.3 is 0 Å². The van der Waals surface area contributed by atoms with Crippen LogP contribution in [0.25, 0.3) is 0 Å². The first-order valence-electron chi connectivity index (χ1n) is 6.51. The summed E-state index contributed by atoms with van der Waals surface area (Å²) in [5, 5.41) is 9.51. The minimum Gasteiger partial charge on any atom is -0.482 e. The molecule has 0 saturated carbocycles. The Labute approximate surface area is 132 Å². The number of halogens is 2. The zero-order chi connectivity index (χ0) is 16.1. The molecule has 1 aromatic carbocycles. The van der Waals surface area contributed by atoms with E-state index >= 15 is 0 Å². The normalized spacial score (nSPS) is 10.8. The molecule has 1 amide bonds. The zero-order valence-corrected chi connectivity index (χ0v) is 12.9. The molecule has 2 aromatic rings. The van der Waals surface area contributed by atoms with Crippen molar-refractivity contribution in [1.29, 1.82) is 0 Å². The molecule has 0 radical (unpaired) electrons. The lowest BCUT2D eigenvalue weighted by Gasteiger charge is -2.07. The van der Waals surface area contributed by atoms with Gasteiger partial charge in [-0.25, -0.2) is 4.39 Å². The van der Waals surface area contributed by atoms with Crippen molar-refractivity contribution in [3.63, 3.8) is 0 Å². The minimum atomic E-state index is -0.466. The summed E-state index contributed by atoms with van der Waals surface area (Å²) in [4.78, 5) is 13.7. The van der Waals surface area contributed by atoms with Crippen molar-refractivity contribution in [3.05, 3.63) is 40.8 Å². The van der Waals surface area contributed by atoms with Gasteiger partial charge in [-0.2, -0.15) is 5.10 Å². The standard InChI is InChI=1S/C14H16ClFN4O2/c1-20(2)7-10-6-13(19-18-10)17-14(21)8-22-12-4-3-9(16)5-11(12)15/h3-6H,7-8H2,1-2H3,(H2,17,18,19,21). The maximum atomic E-state index is 12.9. The first-order chi connectivity index (χ1) is 10.4. The molecular weight excluding hydrogens is 311 g/mol. The van der Waals surface area contributed by atoms with Crippen LogP contribution in [0.1, 0.15) is 5.69 Å². The lowest BCUT2D eigenvalue weighted by Crippen LogP contribution is -2.20. The molecule has 0 fully saturated rings. The van der Waals surface area contributed by atoms with Gasteiger partial charge in [-0.05, 0) is 32.3 Å². The van der Waals surface area contributed by atoms with Gasteiger partial charge in [0.15, 0.2) is 12.4 Å². The van der Waals surface area contributed by atoms with Gasteiger partial charge in [0.25, 0.3) is 5.91 Å². The molecule has 8 heteroatoms. The van der Waals surface area contributed by atoms with Crippen LogP contribution < -0.4 is 10.1 Å². The number of aromatic amines is 1. The molecule has 0 saturated heterocycles. The van der Waals surface area contributed by atoms with Crippen LogP contribution in [0, 0.1) is 5.82 Å². The Morgan fingerprint density at radius 3 is 2.91 bits per heavy atom. The van der Waals surface area contributed by atoms with E-state index in [-0.39, 0.29) is 23.3 Å². The van der Waals surface area contributed by atoms with Gasteiger partial charge in [0.05, 0.1) is 10.7 Å². The molecule has 0 bridgehead atoms. The number of carbonyl (C=O) groups excluding carboxylic acids is 1. The van der Waals surface area contributed by atoms with Crippen LogP contribution in [-0.2, 0) is 11.3 Å². The van der Waals surface area contributed by atoms with Gasteiger partial charge in [0.1, 0.15) is 11.6 Å². The smallest absolute Gasteiger partial charge is 0.263 e. The Balaban J connectivity index is 1.86. The number of hydrogen-bond acceptors (Lipinski definition) is 4. The van der Waals surface area contributed by atoms with Crippen LogP contribution in [-0.4, -0.2) is 41.7 Å². The fraction of sp³-hybridized carbons (Fsp3) is 0.286. The predicted molar refractivity (Wildman–Crippen MR) is 81.5 cm³/mol. The fourth-order valence-corrected chi connectivity index (χ4v) is 1.98. The predicted octanol–water partition coefficient (Wildman–Crippen LogP) is 2.28. The lowest BCUT2D eigenvalue weighted by molar-refractivity contribution is -0.118. The third-order valence-electron chi connectivity index (χ3n) is 2.64. The van der Waals surface area contributed by atoms with Crippen molar-refractivity contribution < 1.29 is 13.9 Å². The highest BCUT2D eigenvalue weighted by Gasteiger charge is 2.09. The molecule has 0 aliphatic carbocycles. The highest BCUT2D eigenvalue weighted by Crippen LogP contribution is 2.24. The molecule has 0 unspecified atom stereocenters. The molecule has 0 aliphatic heterocycles. The molecule has 0 aliphatic rings. The first kappa shape index (κ1) is 16.3. The Kier molecular flexibility index (Phi) is 5.35. The minimum absolute atomic E-state index is 0.112. The van der Waals surface area contributed by atoms with E-state index in [4.69, 9.17) is 16.3 Å². The number of amides is 1. The average molecular weight is 327 g/mol. The quantitative estimate of drug-likeness (QED) is 0.854. The Morgan fingerprint density at radius 2 is 2.23 bits per heavy atom. The van der Waals surface area contributed by atoms with Crippen molar-refractivity contribution in [2.24, 2.45) is 0 Å². The molecular formula is C14H16ClFN4O2. The molecule has 1 aromatic heterocycles. The van der Waals surface area contributed by atoms with Gasteiger partial charge in [0.2, 0.25) is 0 Å². The van der Waals surface area contributed by atoms with Crippen molar-refractivity contribution in [1.82, 2.24) is 15.1 Å². The Morgan fingerprint density at radius 1 is 1.45 bits per heavy atom. The molecule has 118 valence electrons. The third-order valence-corrected chi connectivity index (χ3v) is 2.93. The Bertz CT molecular complexity index is 660. The average Bonchev–Trinajstić information content (AvgIpc) is 2.84. The summed E-state index contributed by atoms with van der Waals surface area (Å²) < 4.78 is 18.1. The summed E-state index contributed by atoms with van der Waals surface area (Å²) in [5.41, 5.74) is 0.878. The van der Waals surface area contributed by atoms with Gasteiger partial charge in [-0.15, -0.1) is 0 Å². The van der Waals surface area contributed by atoms with Gasteiger partial charge in [0, 0.05) is 12.6 Å². The van der Waals surface area contributed by atoms with Crippen LogP contribution in [0.15, 0.2) is 24.3 Å². The van der Waals surface area contributed by atoms with Crippen molar-refractivity contribution in [2.75, 3.05) is 26.0 Å². The number of anilines is 1. The number of aromatic nitrogens is 2. The van der Waals surface area contributed by atoms with Crippen LogP contribution in [0.4, 0.5) is 10.2 Å². The number of benzene rings is 1. The van der Waals surface area contributed by atoms with Gasteiger partial charge < -0.3 is 15.0 Å². The SMILES string of the molecule is CN(C)Cc1cc(NC(=O)COc2ccc(F)cc2Cl)n[nH]1. The molecule has 2 rings (SSSR count). The van der Waals surface area contributed by atoms with Gasteiger partial charge in [-0.3, -0.25) is 9.89 Å². The molecule has 0 atom stereocenters. The molecule has 1 heterocycles. The summed E-state index contributed by atoms with van der Waals surface area (Å²) >= 11 is 5.81. The number of nitrogens with zero attached hydrogens (tertiary/aromatic N) is 2. The van der Waals surface area contributed by atoms with E-state index in [1.165, 1.54) is 12.1 Å². The number of carbonyl (C=O) groups is 1. The lowest BCUT2D eigenvalue weighted by atomic mass is 10.3. The van der Waals surface area contributed by atoms with Crippen LogP contribution in [0.2, 0.25) is 5.02 Å². The number of ether oxygens (including phenoxy) is 1. The van der Waals surface area contributed by atoms with Crippen LogP contribution >= 0.6 is 11.6 Å². The maximum absolute atomic E-state index is 12.9. The monoisotopic (exact) mass is 326 g/mol. The van der Waals surface area contributed by atoms with E-state index in [1.54, 1.807) is 6.07 Å². The second kappa shape index (κ2) is 7.24. The highest BCUT2D eigenvalue weighted by molar-refractivity contribution is 6.32.